The van der Waals surface area contributed by atoms with Crippen molar-refractivity contribution in [2.75, 3.05) is 5.75 Å². The Labute approximate surface area is 101 Å². The highest BCUT2D eigenvalue weighted by molar-refractivity contribution is 7.99. The smallest absolute Gasteiger partial charge is 0.127 e. The van der Waals surface area contributed by atoms with Crippen LogP contribution in [0.2, 0.25) is 0 Å². The molecule has 1 heterocycles. The number of fused-ring (bicyclic) bond motifs is 1. The third kappa shape index (κ3) is 2.53. The van der Waals surface area contributed by atoms with E-state index in [9.17, 15) is 0 Å². The van der Waals surface area contributed by atoms with E-state index in [1.54, 1.807) is 0 Å². The molecule has 0 aliphatic heterocycles. The topological polar surface area (TPSA) is 25.8 Å². The normalized spacial score (nSPS) is 10.9. The van der Waals surface area contributed by atoms with Crippen molar-refractivity contribution in [1.82, 2.24) is 9.97 Å². The number of para-hydroxylation sites is 1. The molecule has 0 N–H and O–H groups in total. The molecule has 0 saturated heterocycles. The number of aryl methyl sites for hydroxylation is 1. The van der Waals surface area contributed by atoms with Gasteiger partial charge >= 0.3 is 0 Å². The summed E-state index contributed by atoms with van der Waals surface area (Å²) in [4.78, 5) is 8.97. The highest BCUT2D eigenvalue weighted by atomic mass is 32.2. The lowest BCUT2D eigenvalue weighted by molar-refractivity contribution is 0.894. The lowest BCUT2D eigenvalue weighted by Gasteiger charge is -2.05. The van der Waals surface area contributed by atoms with Crippen LogP contribution in [-0.2, 0) is 0 Å². The SMILES string of the molecule is CCCCSc1nc(C)nc2ccccc12. The van der Waals surface area contributed by atoms with Gasteiger partial charge in [0.25, 0.3) is 0 Å². The zero-order valence-corrected chi connectivity index (χ0v) is 10.5. The summed E-state index contributed by atoms with van der Waals surface area (Å²) in [6.07, 6.45) is 2.47. The number of aromatic nitrogens is 2. The highest BCUT2D eigenvalue weighted by Gasteiger charge is 2.04. The molecule has 84 valence electrons. The number of nitrogens with zero attached hydrogens (tertiary/aromatic N) is 2. The van der Waals surface area contributed by atoms with E-state index in [-0.39, 0.29) is 0 Å². The van der Waals surface area contributed by atoms with Gasteiger partial charge in [0.05, 0.1) is 5.52 Å². The fourth-order valence-electron chi connectivity index (χ4n) is 1.58. The molecule has 16 heavy (non-hydrogen) atoms. The minimum Gasteiger partial charge on any atom is -0.233 e. The van der Waals surface area contributed by atoms with Crippen molar-refractivity contribution in [1.29, 1.82) is 0 Å². The lowest BCUT2D eigenvalue weighted by Crippen LogP contribution is -1.93. The maximum absolute atomic E-state index is 4.52. The summed E-state index contributed by atoms with van der Waals surface area (Å²) in [7, 11) is 0. The molecule has 1 aromatic carbocycles. The third-order valence-corrected chi connectivity index (χ3v) is 3.49. The van der Waals surface area contributed by atoms with Crippen LogP contribution in [0.1, 0.15) is 25.6 Å². The molecule has 0 saturated carbocycles. The second kappa shape index (κ2) is 5.30. The van der Waals surface area contributed by atoms with Crippen LogP contribution in [0.25, 0.3) is 10.9 Å². The molecular weight excluding hydrogens is 216 g/mol. The molecule has 0 fully saturated rings. The summed E-state index contributed by atoms with van der Waals surface area (Å²) >= 11 is 1.84. The molecule has 0 spiro atoms. The molecule has 1 aromatic heterocycles. The molecule has 3 heteroatoms. The molecule has 2 nitrogen and oxygen atoms in total. The van der Waals surface area contributed by atoms with Crippen molar-refractivity contribution >= 4 is 22.7 Å². The van der Waals surface area contributed by atoms with Crippen molar-refractivity contribution in [3.05, 3.63) is 30.1 Å². The largest absolute Gasteiger partial charge is 0.233 e. The molecule has 0 unspecified atom stereocenters. The Morgan fingerprint density at radius 2 is 2.00 bits per heavy atom. The van der Waals surface area contributed by atoms with Crippen LogP contribution in [0.3, 0.4) is 0 Å². The van der Waals surface area contributed by atoms with E-state index < -0.39 is 0 Å². The van der Waals surface area contributed by atoms with E-state index in [0.717, 1.165) is 22.1 Å². The number of unbranched alkanes of at least 4 members (excludes halogenated alkanes) is 1. The Balaban J connectivity index is 2.34. The number of hydrogen-bond donors (Lipinski definition) is 0. The van der Waals surface area contributed by atoms with Gasteiger partial charge in [-0.2, -0.15) is 0 Å². The first-order valence-electron chi connectivity index (χ1n) is 5.67. The third-order valence-electron chi connectivity index (χ3n) is 2.42. The van der Waals surface area contributed by atoms with E-state index in [1.807, 2.05) is 36.9 Å². The first-order valence-corrected chi connectivity index (χ1v) is 6.66. The van der Waals surface area contributed by atoms with Gasteiger partial charge in [0.2, 0.25) is 0 Å². The Bertz CT molecular complexity index is 482. The van der Waals surface area contributed by atoms with E-state index >= 15 is 0 Å². The second-order valence-corrected chi connectivity index (χ2v) is 4.88. The van der Waals surface area contributed by atoms with E-state index in [1.165, 1.54) is 18.2 Å². The van der Waals surface area contributed by atoms with E-state index in [0.29, 0.717) is 0 Å². The number of hydrogen-bond acceptors (Lipinski definition) is 3. The standard InChI is InChI=1S/C13H16N2S/c1-3-4-9-16-13-11-7-5-6-8-12(11)14-10(2)15-13/h5-8H,3-4,9H2,1-2H3. The van der Waals surface area contributed by atoms with Gasteiger partial charge in [-0.05, 0) is 25.2 Å². The van der Waals surface area contributed by atoms with Crippen molar-refractivity contribution in [3.8, 4) is 0 Å². The molecule has 0 aliphatic rings. The summed E-state index contributed by atoms with van der Waals surface area (Å²) in [6.45, 7) is 4.17. The zero-order chi connectivity index (χ0) is 11.4. The van der Waals surface area contributed by atoms with Gasteiger partial charge in [0, 0.05) is 5.39 Å². The molecule has 0 atom stereocenters. The van der Waals surface area contributed by atoms with Crippen LogP contribution in [0.15, 0.2) is 29.3 Å². The minimum absolute atomic E-state index is 0.859. The van der Waals surface area contributed by atoms with Crippen molar-refractivity contribution in [2.24, 2.45) is 0 Å². The Kier molecular flexibility index (Phi) is 3.78. The predicted molar refractivity (Wildman–Crippen MR) is 69.9 cm³/mol. The van der Waals surface area contributed by atoms with E-state index in [2.05, 4.69) is 23.0 Å². The maximum Gasteiger partial charge on any atom is 0.127 e. The van der Waals surface area contributed by atoms with Gasteiger partial charge in [-0.25, -0.2) is 9.97 Å². The maximum atomic E-state index is 4.52. The quantitative estimate of drug-likeness (QED) is 0.455. The highest BCUT2D eigenvalue weighted by Crippen LogP contribution is 2.25. The lowest BCUT2D eigenvalue weighted by atomic mass is 10.2. The van der Waals surface area contributed by atoms with Crippen LogP contribution in [0.4, 0.5) is 0 Å². The van der Waals surface area contributed by atoms with Crippen LogP contribution in [0, 0.1) is 6.92 Å². The summed E-state index contributed by atoms with van der Waals surface area (Å²) < 4.78 is 0. The molecule has 0 aliphatic carbocycles. The number of benzene rings is 1. The van der Waals surface area contributed by atoms with Gasteiger partial charge in [-0.15, -0.1) is 11.8 Å². The molecule has 0 radical (unpaired) electrons. The van der Waals surface area contributed by atoms with E-state index in [4.69, 9.17) is 0 Å². The predicted octanol–water partition coefficient (Wildman–Crippen LogP) is 3.83. The average molecular weight is 232 g/mol. The van der Waals surface area contributed by atoms with Gasteiger partial charge < -0.3 is 0 Å². The van der Waals surface area contributed by atoms with Crippen molar-refractivity contribution < 1.29 is 0 Å². The zero-order valence-electron chi connectivity index (χ0n) is 9.73. The monoisotopic (exact) mass is 232 g/mol. The Morgan fingerprint density at radius 3 is 2.81 bits per heavy atom. The van der Waals surface area contributed by atoms with Crippen molar-refractivity contribution in [2.45, 2.75) is 31.7 Å². The fourth-order valence-corrected chi connectivity index (χ4v) is 2.73. The summed E-state index contributed by atoms with van der Waals surface area (Å²) in [5, 5.41) is 2.30. The van der Waals surface area contributed by atoms with Crippen LogP contribution in [-0.4, -0.2) is 15.7 Å². The molecule has 2 aromatic rings. The summed E-state index contributed by atoms with van der Waals surface area (Å²) in [5.41, 5.74) is 1.05. The molecular formula is C13H16N2S. The second-order valence-electron chi connectivity index (χ2n) is 3.80. The van der Waals surface area contributed by atoms with Crippen LogP contribution in [0.5, 0.6) is 0 Å². The molecule has 2 rings (SSSR count). The Morgan fingerprint density at radius 1 is 1.19 bits per heavy atom. The van der Waals surface area contributed by atoms with Crippen molar-refractivity contribution in [3.63, 3.8) is 0 Å². The van der Waals surface area contributed by atoms with Gasteiger partial charge in [-0.1, -0.05) is 31.5 Å². The molecule has 0 bridgehead atoms. The van der Waals surface area contributed by atoms with Gasteiger partial charge in [-0.3, -0.25) is 0 Å². The minimum atomic E-state index is 0.859. The van der Waals surface area contributed by atoms with Gasteiger partial charge in [0.1, 0.15) is 10.9 Å². The van der Waals surface area contributed by atoms with Crippen LogP contribution < -0.4 is 0 Å². The number of thioether (sulfide) groups is 1. The van der Waals surface area contributed by atoms with Gasteiger partial charge in [0.15, 0.2) is 0 Å². The molecule has 0 amide bonds. The van der Waals surface area contributed by atoms with Crippen LogP contribution >= 0.6 is 11.8 Å². The average Bonchev–Trinajstić information content (AvgIpc) is 2.29. The Hall–Kier alpha value is -1.09. The first kappa shape index (κ1) is 11.4. The summed E-state index contributed by atoms with van der Waals surface area (Å²) in [5.74, 6) is 1.99. The number of rotatable bonds is 4. The fraction of sp³-hybridized carbons (Fsp3) is 0.385. The summed E-state index contributed by atoms with van der Waals surface area (Å²) in [6, 6.07) is 8.22. The first-order chi connectivity index (χ1) is 7.81.